The molecule has 0 saturated heterocycles. The molecule has 0 amide bonds. The molecule has 1 nitrogen and oxygen atoms in total. The molecule has 100 valence electrons. The fourth-order valence-corrected chi connectivity index (χ4v) is 2.19. The molecule has 0 radical (unpaired) electrons. The fraction of sp³-hybridized carbons (Fsp3) is 0.588. The Morgan fingerprint density at radius 1 is 0.833 bits per heavy atom. The fourth-order valence-electron chi connectivity index (χ4n) is 2.19. The summed E-state index contributed by atoms with van der Waals surface area (Å²) in [5.74, 6) is 0. The number of hydrogen-bond donors (Lipinski definition) is 0. The van der Waals surface area contributed by atoms with E-state index in [2.05, 4.69) is 31.2 Å². The van der Waals surface area contributed by atoms with Crippen LogP contribution in [-0.4, -0.2) is 6.29 Å². The normalized spacial score (nSPS) is 10.5. The minimum Gasteiger partial charge on any atom is -0.303 e. The molecule has 0 bridgehead atoms. The van der Waals surface area contributed by atoms with Crippen LogP contribution in [0.2, 0.25) is 0 Å². The lowest BCUT2D eigenvalue weighted by Crippen LogP contribution is -1.89. The zero-order valence-electron chi connectivity index (χ0n) is 11.7. The Morgan fingerprint density at radius 2 is 1.39 bits per heavy atom. The standard InChI is InChI=1S/C17H26O/c1-2-3-6-9-16-11-13-17(14-12-16)10-7-4-5-8-15-18/h11-15H,2-10H2,1H3. The molecule has 1 heteroatoms. The molecular weight excluding hydrogens is 220 g/mol. The highest BCUT2D eigenvalue weighted by Crippen LogP contribution is 2.11. The molecule has 0 saturated carbocycles. The van der Waals surface area contributed by atoms with Crippen molar-refractivity contribution in [2.24, 2.45) is 0 Å². The average molecular weight is 246 g/mol. The van der Waals surface area contributed by atoms with Gasteiger partial charge in [0.05, 0.1) is 0 Å². The summed E-state index contributed by atoms with van der Waals surface area (Å²) in [6.45, 7) is 2.24. The molecule has 0 atom stereocenters. The van der Waals surface area contributed by atoms with Crippen LogP contribution >= 0.6 is 0 Å². The maximum absolute atomic E-state index is 10.2. The van der Waals surface area contributed by atoms with Crippen LogP contribution in [0.1, 0.15) is 63.0 Å². The first-order chi connectivity index (χ1) is 8.86. The summed E-state index contributed by atoms with van der Waals surface area (Å²) >= 11 is 0. The Kier molecular flexibility index (Phi) is 8.20. The van der Waals surface area contributed by atoms with E-state index in [0.717, 1.165) is 32.0 Å². The Bertz CT molecular complexity index is 313. The zero-order chi connectivity index (χ0) is 13.1. The number of benzene rings is 1. The van der Waals surface area contributed by atoms with Gasteiger partial charge < -0.3 is 4.79 Å². The van der Waals surface area contributed by atoms with E-state index in [0.29, 0.717) is 0 Å². The van der Waals surface area contributed by atoms with Gasteiger partial charge in [-0.2, -0.15) is 0 Å². The van der Waals surface area contributed by atoms with Crippen molar-refractivity contribution in [2.75, 3.05) is 0 Å². The third-order valence-electron chi connectivity index (χ3n) is 3.38. The first-order valence-corrected chi connectivity index (χ1v) is 7.38. The van der Waals surface area contributed by atoms with Crippen molar-refractivity contribution in [2.45, 2.75) is 64.7 Å². The Balaban J connectivity index is 2.20. The quantitative estimate of drug-likeness (QED) is 0.431. The van der Waals surface area contributed by atoms with Gasteiger partial charge in [0, 0.05) is 6.42 Å². The molecule has 0 aliphatic heterocycles. The van der Waals surface area contributed by atoms with Gasteiger partial charge in [0.1, 0.15) is 6.29 Å². The second-order valence-electron chi connectivity index (χ2n) is 5.04. The van der Waals surface area contributed by atoms with Gasteiger partial charge in [-0.3, -0.25) is 0 Å². The maximum atomic E-state index is 10.2. The highest BCUT2D eigenvalue weighted by atomic mass is 16.1. The smallest absolute Gasteiger partial charge is 0.119 e. The minimum atomic E-state index is 0.719. The number of rotatable bonds is 10. The molecule has 18 heavy (non-hydrogen) atoms. The van der Waals surface area contributed by atoms with E-state index in [1.165, 1.54) is 43.2 Å². The van der Waals surface area contributed by atoms with Crippen molar-refractivity contribution in [1.29, 1.82) is 0 Å². The van der Waals surface area contributed by atoms with Crippen molar-refractivity contribution in [3.05, 3.63) is 35.4 Å². The van der Waals surface area contributed by atoms with Gasteiger partial charge in [-0.1, -0.05) is 50.5 Å². The zero-order valence-corrected chi connectivity index (χ0v) is 11.7. The van der Waals surface area contributed by atoms with Crippen LogP contribution in [0.15, 0.2) is 24.3 Å². The average Bonchev–Trinajstić information content (AvgIpc) is 2.40. The van der Waals surface area contributed by atoms with Crippen LogP contribution in [0.25, 0.3) is 0 Å². The molecule has 0 N–H and O–H groups in total. The van der Waals surface area contributed by atoms with E-state index in [-0.39, 0.29) is 0 Å². The third kappa shape index (κ3) is 6.58. The molecule has 1 rings (SSSR count). The molecule has 0 heterocycles. The minimum absolute atomic E-state index is 0.719. The summed E-state index contributed by atoms with van der Waals surface area (Å²) in [6, 6.07) is 9.08. The first-order valence-electron chi connectivity index (χ1n) is 7.38. The number of hydrogen-bond acceptors (Lipinski definition) is 1. The summed E-state index contributed by atoms with van der Waals surface area (Å²) in [4.78, 5) is 10.2. The highest BCUT2D eigenvalue weighted by Gasteiger charge is 1.96. The van der Waals surface area contributed by atoms with Crippen molar-refractivity contribution in [3.8, 4) is 0 Å². The van der Waals surface area contributed by atoms with Crippen molar-refractivity contribution in [3.63, 3.8) is 0 Å². The summed E-state index contributed by atoms with van der Waals surface area (Å²) in [6.07, 6.45) is 11.4. The second-order valence-corrected chi connectivity index (χ2v) is 5.04. The molecule has 0 unspecified atom stereocenters. The van der Waals surface area contributed by atoms with E-state index in [9.17, 15) is 4.79 Å². The van der Waals surface area contributed by atoms with Crippen molar-refractivity contribution >= 4 is 6.29 Å². The summed E-state index contributed by atoms with van der Waals surface area (Å²) in [7, 11) is 0. The predicted molar refractivity (Wildman–Crippen MR) is 77.9 cm³/mol. The molecule has 0 aliphatic carbocycles. The maximum Gasteiger partial charge on any atom is 0.119 e. The summed E-state index contributed by atoms with van der Waals surface area (Å²) < 4.78 is 0. The summed E-state index contributed by atoms with van der Waals surface area (Å²) in [5.41, 5.74) is 2.90. The molecule has 0 aromatic heterocycles. The van der Waals surface area contributed by atoms with Gasteiger partial charge in [0.15, 0.2) is 0 Å². The van der Waals surface area contributed by atoms with Gasteiger partial charge in [-0.15, -0.1) is 0 Å². The van der Waals surface area contributed by atoms with Gasteiger partial charge in [0.2, 0.25) is 0 Å². The van der Waals surface area contributed by atoms with Crippen LogP contribution in [0.4, 0.5) is 0 Å². The molecule has 0 fully saturated rings. The lowest BCUT2D eigenvalue weighted by atomic mass is 10.0. The number of aryl methyl sites for hydroxylation is 2. The van der Waals surface area contributed by atoms with Crippen molar-refractivity contribution < 1.29 is 4.79 Å². The van der Waals surface area contributed by atoms with Crippen molar-refractivity contribution in [1.82, 2.24) is 0 Å². The monoisotopic (exact) mass is 246 g/mol. The first kappa shape index (κ1) is 14.9. The van der Waals surface area contributed by atoms with E-state index < -0.39 is 0 Å². The number of aldehydes is 1. The SMILES string of the molecule is CCCCCc1ccc(CCCCCC=O)cc1. The number of carbonyl (C=O) groups excluding carboxylic acids is 1. The van der Waals surface area contributed by atoms with Crippen LogP contribution in [0, 0.1) is 0 Å². The van der Waals surface area contributed by atoms with Crippen LogP contribution < -0.4 is 0 Å². The third-order valence-corrected chi connectivity index (χ3v) is 3.38. The van der Waals surface area contributed by atoms with Gasteiger partial charge in [-0.05, 0) is 43.2 Å². The molecule has 0 aliphatic rings. The van der Waals surface area contributed by atoms with E-state index in [1.807, 2.05) is 0 Å². The molecule has 0 spiro atoms. The Labute approximate surface area is 112 Å². The van der Waals surface area contributed by atoms with E-state index in [4.69, 9.17) is 0 Å². The molecular formula is C17H26O. The lowest BCUT2D eigenvalue weighted by molar-refractivity contribution is -0.107. The molecule has 1 aromatic rings. The second kappa shape index (κ2) is 9.87. The number of carbonyl (C=O) groups is 1. The summed E-state index contributed by atoms with van der Waals surface area (Å²) in [5, 5.41) is 0. The molecule has 1 aromatic carbocycles. The van der Waals surface area contributed by atoms with Gasteiger partial charge in [0.25, 0.3) is 0 Å². The van der Waals surface area contributed by atoms with E-state index >= 15 is 0 Å². The Morgan fingerprint density at radius 3 is 1.89 bits per heavy atom. The largest absolute Gasteiger partial charge is 0.303 e. The Hall–Kier alpha value is -1.11. The van der Waals surface area contributed by atoms with E-state index in [1.54, 1.807) is 0 Å². The lowest BCUT2D eigenvalue weighted by Gasteiger charge is -2.04. The highest BCUT2D eigenvalue weighted by molar-refractivity contribution is 5.48. The van der Waals surface area contributed by atoms with Gasteiger partial charge in [-0.25, -0.2) is 0 Å². The van der Waals surface area contributed by atoms with Crippen LogP contribution in [0.5, 0.6) is 0 Å². The van der Waals surface area contributed by atoms with Crippen LogP contribution in [0.3, 0.4) is 0 Å². The van der Waals surface area contributed by atoms with Crippen LogP contribution in [-0.2, 0) is 17.6 Å². The predicted octanol–water partition coefficient (Wildman–Crippen LogP) is 4.72. The topological polar surface area (TPSA) is 17.1 Å². The number of unbranched alkanes of at least 4 members (excludes halogenated alkanes) is 5. The van der Waals surface area contributed by atoms with Gasteiger partial charge >= 0.3 is 0 Å².